The highest BCUT2D eigenvalue weighted by Gasteiger charge is 2.16. The third kappa shape index (κ3) is 5.33. The summed E-state index contributed by atoms with van der Waals surface area (Å²) in [5.41, 5.74) is 1.31. The number of hydrogen-bond acceptors (Lipinski definition) is 2. The van der Waals surface area contributed by atoms with E-state index in [1.165, 1.54) is 50.5 Å². The third-order valence-electron chi connectivity index (χ3n) is 4.12. The van der Waals surface area contributed by atoms with Gasteiger partial charge in [-0.25, -0.2) is 0 Å². The zero-order chi connectivity index (χ0) is 13.3. The summed E-state index contributed by atoms with van der Waals surface area (Å²) in [5.74, 6) is 0. The summed E-state index contributed by atoms with van der Waals surface area (Å²) in [6.45, 7) is 0.228. The number of benzene rings is 1. The van der Waals surface area contributed by atoms with Crippen molar-refractivity contribution in [2.24, 2.45) is 0 Å². The zero-order valence-electron chi connectivity index (χ0n) is 11.9. The standard InChI is InChI=1S/C17H27NO/c19-14-17(13-15-9-5-4-6-10-15)18-16-11-7-2-1-3-8-12-16/h4-6,9-10,16-19H,1-3,7-8,11-14H2/t17-/m1/s1. The molecule has 0 radical (unpaired) electrons. The molecule has 1 aliphatic rings. The molecule has 1 saturated carbocycles. The molecule has 0 unspecified atom stereocenters. The normalized spacial score (nSPS) is 19.6. The van der Waals surface area contributed by atoms with Crippen molar-refractivity contribution < 1.29 is 5.11 Å². The van der Waals surface area contributed by atoms with Gasteiger partial charge in [0.25, 0.3) is 0 Å². The maximum atomic E-state index is 9.58. The van der Waals surface area contributed by atoms with Gasteiger partial charge in [0.15, 0.2) is 0 Å². The van der Waals surface area contributed by atoms with E-state index in [2.05, 4.69) is 29.6 Å². The molecule has 2 nitrogen and oxygen atoms in total. The molecule has 1 atom stereocenters. The molecular weight excluding hydrogens is 234 g/mol. The van der Waals surface area contributed by atoms with E-state index in [9.17, 15) is 5.11 Å². The van der Waals surface area contributed by atoms with Crippen LogP contribution in [0, 0.1) is 0 Å². The molecule has 0 aromatic heterocycles. The fourth-order valence-electron chi connectivity index (χ4n) is 3.03. The van der Waals surface area contributed by atoms with Crippen molar-refractivity contribution in [2.75, 3.05) is 6.61 Å². The van der Waals surface area contributed by atoms with Crippen LogP contribution in [0.1, 0.15) is 50.5 Å². The fourth-order valence-corrected chi connectivity index (χ4v) is 3.03. The van der Waals surface area contributed by atoms with Crippen molar-refractivity contribution in [3.05, 3.63) is 35.9 Å². The lowest BCUT2D eigenvalue weighted by molar-refractivity contribution is 0.221. The van der Waals surface area contributed by atoms with E-state index in [1.54, 1.807) is 0 Å². The minimum Gasteiger partial charge on any atom is -0.395 e. The molecule has 1 fully saturated rings. The topological polar surface area (TPSA) is 32.3 Å². The second-order valence-corrected chi connectivity index (χ2v) is 5.78. The maximum absolute atomic E-state index is 9.58. The van der Waals surface area contributed by atoms with Gasteiger partial charge in [-0.1, -0.05) is 62.4 Å². The van der Waals surface area contributed by atoms with Crippen LogP contribution in [-0.4, -0.2) is 23.8 Å². The molecule has 2 rings (SSSR count). The van der Waals surface area contributed by atoms with Gasteiger partial charge in [-0.2, -0.15) is 0 Å². The molecule has 2 N–H and O–H groups in total. The number of nitrogens with one attached hydrogen (secondary N) is 1. The Kier molecular flexibility index (Phi) is 6.38. The van der Waals surface area contributed by atoms with Gasteiger partial charge in [-0.15, -0.1) is 0 Å². The largest absolute Gasteiger partial charge is 0.395 e. The lowest BCUT2D eigenvalue weighted by Crippen LogP contribution is -2.42. The third-order valence-corrected chi connectivity index (χ3v) is 4.12. The Bertz CT molecular complexity index is 330. The summed E-state index contributed by atoms with van der Waals surface area (Å²) in [6, 6.07) is 11.3. The quantitative estimate of drug-likeness (QED) is 0.852. The minimum absolute atomic E-state index is 0.201. The van der Waals surface area contributed by atoms with Gasteiger partial charge in [0, 0.05) is 12.1 Å². The van der Waals surface area contributed by atoms with Crippen molar-refractivity contribution in [3.8, 4) is 0 Å². The Hall–Kier alpha value is -0.860. The smallest absolute Gasteiger partial charge is 0.0587 e. The average Bonchev–Trinajstić information content (AvgIpc) is 2.41. The Balaban J connectivity index is 1.83. The van der Waals surface area contributed by atoms with Crippen LogP contribution in [0.15, 0.2) is 30.3 Å². The first-order valence-corrected chi connectivity index (χ1v) is 7.79. The monoisotopic (exact) mass is 261 g/mol. The summed E-state index contributed by atoms with van der Waals surface area (Å²) in [5, 5.41) is 13.3. The molecule has 106 valence electrons. The minimum atomic E-state index is 0.201. The Morgan fingerprint density at radius 2 is 1.63 bits per heavy atom. The first-order chi connectivity index (χ1) is 9.38. The number of aliphatic hydroxyl groups is 1. The molecule has 1 aromatic rings. The fraction of sp³-hybridized carbons (Fsp3) is 0.647. The van der Waals surface area contributed by atoms with Gasteiger partial charge in [-0.05, 0) is 24.8 Å². The molecule has 0 spiro atoms. The van der Waals surface area contributed by atoms with Crippen molar-refractivity contribution in [2.45, 2.75) is 63.5 Å². The van der Waals surface area contributed by atoms with Crippen LogP contribution in [0.3, 0.4) is 0 Å². The first-order valence-electron chi connectivity index (χ1n) is 7.79. The highest BCUT2D eigenvalue weighted by Crippen LogP contribution is 2.18. The first kappa shape index (κ1) is 14.5. The average molecular weight is 261 g/mol. The summed E-state index contributed by atoms with van der Waals surface area (Å²) >= 11 is 0. The van der Waals surface area contributed by atoms with Gasteiger partial charge in [0.2, 0.25) is 0 Å². The predicted molar refractivity (Wildman–Crippen MR) is 80.3 cm³/mol. The van der Waals surface area contributed by atoms with Gasteiger partial charge in [0.05, 0.1) is 6.61 Å². The molecule has 0 heterocycles. The Morgan fingerprint density at radius 3 is 2.26 bits per heavy atom. The molecule has 19 heavy (non-hydrogen) atoms. The molecule has 0 bridgehead atoms. The summed E-state index contributed by atoms with van der Waals surface area (Å²) in [4.78, 5) is 0. The van der Waals surface area contributed by atoms with E-state index in [-0.39, 0.29) is 12.6 Å². The second-order valence-electron chi connectivity index (χ2n) is 5.78. The van der Waals surface area contributed by atoms with E-state index >= 15 is 0 Å². The van der Waals surface area contributed by atoms with Gasteiger partial charge < -0.3 is 10.4 Å². The van der Waals surface area contributed by atoms with Crippen LogP contribution in [0.2, 0.25) is 0 Å². The van der Waals surface area contributed by atoms with Gasteiger partial charge >= 0.3 is 0 Å². The van der Waals surface area contributed by atoms with E-state index < -0.39 is 0 Å². The van der Waals surface area contributed by atoms with Crippen LogP contribution in [-0.2, 0) is 6.42 Å². The van der Waals surface area contributed by atoms with Crippen LogP contribution < -0.4 is 5.32 Å². The van der Waals surface area contributed by atoms with Crippen molar-refractivity contribution in [3.63, 3.8) is 0 Å². The molecule has 1 aromatic carbocycles. The SMILES string of the molecule is OC[C@@H](Cc1ccccc1)NC1CCCCCCC1. The van der Waals surface area contributed by atoms with E-state index in [4.69, 9.17) is 0 Å². The molecule has 0 saturated heterocycles. The zero-order valence-corrected chi connectivity index (χ0v) is 11.9. The molecule has 1 aliphatic carbocycles. The lowest BCUT2D eigenvalue weighted by Gasteiger charge is -2.26. The number of rotatable bonds is 5. The predicted octanol–water partition coefficient (Wildman–Crippen LogP) is 3.29. The van der Waals surface area contributed by atoms with Crippen LogP contribution in [0.25, 0.3) is 0 Å². The molecule has 0 amide bonds. The summed E-state index contributed by atoms with van der Waals surface area (Å²) in [6.07, 6.45) is 10.3. The maximum Gasteiger partial charge on any atom is 0.0587 e. The number of aliphatic hydroxyl groups excluding tert-OH is 1. The van der Waals surface area contributed by atoms with Crippen LogP contribution >= 0.6 is 0 Å². The van der Waals surface area contributed by atoms with E-state index in [1.807, 2.05) is 6.07 Å². The highest BCUT2D eigenvalue weighted by molar-refractivity contribution is 5.15. The van der Waals surface area contributed by atoms with Crippen molar-refractivity contribution in [1.82, 2.24) is 5.32 Å². The van der Waals surface area contributed by atoms with Crippen LogP contribution in [0.5, 0.6) is 0 Å². The van der Waals surface area contributed by atoms with E-state index in [0.717, 1.165) is 6.42 Å². The highest BCUT2D eigenvalue weighted by atomic mass is 16.3. The van der Waals surface area contributed by atoms with Crippen LogP contribution in [0.4, 0.5) is 0 Å². The molecular formula is C17H27NO. The second kappa shape index (κ2) is 8.34. The van der Waals surface area contributed by atoms with Crippen molar-refractivity contribution in [1.29, 1.82) is 0 Å². The van der Waals surface area contributed by atoms with Crippen molar-refractivity contribution >= 4 is 0 Å². The molecule has 2 heteroatoms. The Morgan fingerprint density at radius 1 is 1.00 bits per heavy atom. The lowest BCUT2D eigenvalue weighted by atomic mass is 9.95. The van der Waals surface area contributed by atoms with E-state index in [0.29, 0.717) is 6.04 Å². The summed E-state index contributed by atoms with van der Waals surface area (Å²) in [7, 11) is 0. The molecule has 0 aliphatic heterocycles. The van der Waals surface area contributed by atoms with Gasteiger partial charge in [0.1, 0.15) is 0 Å². The number of hydrogen-bond donors (Lipinski definition) is 2. The van der Waals surface area contributed by atoms with Gasteiger partial charge in [-0.3, -0.25) is 0 Å². The Labute approximate surface area is 117 Å². The summed E-state index contributed by atoms with van der Waals surface area (Å²) < 4.78 is 0.